The van der Waals surface area contributed by atoms with Gasteiger partial charge in [-0.2, -0.15) is 0 Å². The van der Waals surface area contributed by atoms with Crippen molar-refractivity contribution in [2.45, 2.75) is 36.7 Å². The predicted molar refractivity (Wildman–Crippen MR) is 144 cm³/mol. The minimum Gasteiger partial charge on any atom is -0.473 e. The third-order valence-electron chi connectivity index (χ3n) is 7.21. The summed E-state index contributed by atoms with van der Waals surface area (Å²) in [5.41, 5.74) is 5.36. The lowest BCUT2D eigenvalue weighted by Crippen LogP contribution is -2.32. The standard InChI is InChI=1S/C30H28N2O4S/c1-21-22(2)30-24(18-32(20-36-30)26-11-7-4-8-12-26)16-29(21)37(33,34)27-13-14-28-23(15-27)17-31(19-35-28)25-9-5-3-6-10-25/h3-16H,17-20H2,1-2H3. The fraction of sp³-hybridized carbons (Fsp3) is 0.200. The quantitative estimate of drug-likeness (QED) is 0.342. The maximum atomic E-state index is 14.0. The lowest BCUT2D eigenvalue weighted by Gasteiger charge is -2.33. The van der Waals surface area contributed by atoms with Gasteiger partial charge >= 0.3 is 0 Å². The highest BCUT2D eigenvalue weighted by atomic mass is 32.2. The maximum absolute atomic E-state index is 14.0. The van der Waals surface area contributed by atoms with Gasteiger partial charge < -0.3 is 19.3 Å². The van der Waals surface area contributed by atoms with Gasteiger partial charge in [0.1, 0.15) is 11.5 Å². The molecule has 6 nitrogen and oxygen atoms in total. The second-order valence-corrected chi connectivity index (χ2v) is 11.4. The van der Waals surface area contributed by atoms with Crippen LogP contribution < -0.4 is 19.3 Å². The zero-order valence-electron chi connectivity index (χ0n) is 20.8. The summed E-state index contributed by atoms with van der Waals surface area (Å²) >= 11 is 0. The number of anilines is 2. The van der Waals surface area contributed by atoms with Crippen LogP contribution in [0.2, 0.25) is 0 Å². The summed E-state index contributed by atoms with van der Waals surface area (Å²) in [6, 6.07) is 26.9. The Morgan fingerprint density at radius 1 is 0.676 bits per heavy atom. The summed E-state index contributed by atoms with van der Waals surface area (Å²) in [5, 5.41) is 0. The van der Waals surface area contributed by atoms with E-state index in [1.807, 2.05) is 74.5 Å². The van der Waals surface area contributed by atoms with Crippen molar-refractivity contribution in [1.29, 1.82) is 0 Å². The van der Waals surface area contributed by atoms with Crippen LogP contribution in [0.15, 0.2) is 94.7 Å². The number of benzene rings is 4. The maximum Gasteiger partial charge on any atom is 0.206 e. The molecule has 6 rings (SSSR count). The fourth-order valence-corrected chi connectivity index (χ4v) is 6.69. The van der Waals surface area contributed by atoms with E-state index in [2.05, 4.69) is 9.80 Å². The lowest BCUT2D eigenvalue weighted by molar-refractivity contribution is 0.286. The van der Waals surface area contributed by atoms with Gasteiger partial charge in [-0.3, -0.25) is 0 Å². The van der Waals surface area contributed by atoms with Gasteiger partial charge in [-0.05, 0) is 73.5 Å². The van der Waals surface area contributed by atoms with Crippen LogP contribution in [0.5, 0.6) is 11.5 Å². The molecule has 7 heteroatoms. The third kappa shape index (κ3) is 4.19. The number of fused-ring (bicyclic) bond motifs is 2. The average molecular weight is 513 g/mol. The number of hydrogen-bond acceptors (Lipinski definition) is 6. The van der Waals surface area contributed by atoms with Gasteiger partial charge in [0.15, 0.2) is 13.5 Å². The van der Waals surface area contributed by atoms with Crippen LogP contribution in [-0.2, 0) is 22.9 Å². The highest BCUT2D eigenvalue weighted by Crippen LogP contribution is 2.39. The number of hydrogen-bond donors (Lipinski definition) is 0. The Hall–Kier alpha value is -3.97. The van der Waals surface area contributed by atoms with Crippen molar-refractivity contribution in [2.75, 3.05) is 23.3 Å². The molecule has 188 valence electrons. The Labute approximate surface area is 217 Å². The van der Waals surface area contributed by atoms with Gasteiger partial charge in [0, 0.05) is 35.6 Å². The van der Waals surface area contributed by atoms with E-state index in [0.717, 1.165) is 39.6 Å². The largest absolute Gasteiger partial charge is 0.473 e. The molecule has 2 aliphatic heterocycles. The number of sulfone groups is 1. The summed E-state index contributed by atoms with van der Waals surface area (Å²) in [6.45, 7) is 5.78. The van der Waals surface area contributed by atoms with Crippen LogP contribution in [0.1, 0.15) is 22.3 Å². The fourth-order valence-electron chi connectivity index (χ4n) is 5.04. The molecule has 0 bridgehead atoms. The van der Waals surface area contributed by atoms with Gasteiger partial charge in [-0.1, -0.05) is 36.4 Å². The Morgan fingerprint density at radius 3 is 1.92 bits per heavy atom. The monoisotopic (exact) mass is 512 g/mol. The van der Waals surface area contributed by atoms with Crippen molar-refractivity contribution in [3.05, 3.63) is 107 Å². The molecule has 0 saturated carbocycles. The molecule has 0 atom stereocenters. The SMILES string of the molecule is Cc1c(S(=O)(=O)c2ccc3c(c2)CN(c2ccccc2)CO3)cc2c(c1C)OCN(c1ccccc1)C2. The Morgan fingerprint density at radius 2 is 1.27 bits per heavy atom. The van der Waals surface area contributed by atoms with E-state index in [4.69, 9.17) is 9.47 Å². The van der Waals surface area contributed by atoms with E-state index in [0.29, 0.717) is 37.0 Å². The van der Waals surface area contributed by atoms with Crippen LogP contribution in [0.3, 0.4) is 0 Å². The Bertz CT molecular complexity index is 1570. The molecule has 0 N–H and O–H groups in total. The number of para-hydroxylation sites is 2. The van der Waals surface area contributed by atoms with Crippen LogP contribution in [0.25, 0.3) is 0 Å². The molecule has 0 aromatic heterocycles. The van der Waals surface area contributed by atoms with Gasteiger partial charge in [0.2, 0.25) is 9.84 Å². The molecule has 0 saturated heterocycles. The minimum absolute atomic E-state index is 0.267. The summed E-state index contributed by atoms with van der Waals surface area (Å²) in [6.07, 6.45) is 0. The van der Waals surface area contributed by atoms with Crippen molar-refractivity contribution < 1.29 is 17.9 Å². The molecule has 0 aliphatic carbocycles. The van der Waals surface area contributed by atoms with Crippen molar-refractivity contribution in [3.63, 3.8) is 0 Å². The topological polar surface area (TPSA) is 59.1 Å². The lowest BCUT2D eigenvalue weighted by atomic mass is 10.0. The van der Waals surface area contributed by atoms with Crippen molar-refractivity contribution in [3.8, 4) is 11.5 Å². The molecule has 0 amide bonds. The zero-order valence-corrected chi connectivity index (χ0v) is 21.7. The molecule has 0 fully saturated rings. The first kappa shape index (κ1) is 23.4. The van der Waals surface area contributed by atoms with E-state index < -0.39 is 9.84 Å². The highest BCUT2D eigenvalue weighted by molar-refractivity contribution is 7.91. The summed E-state index contributed by atoms with van der Waals surface area (Å²) in [5.74, 6) is 1.50. The van der Waals surface area contributed by atoms with Crippen LogP contribution in [0, 0.1) is 13.8 Å². The van der Waals surface area contributed by atoms with Gasteiger partial charge in [-0.25, -0.2) is 8.42 Å². The second kappa shape index (κ2) is 9.16. The molecule has 0 radical (unpaired) electrons. The first-order valence-corrected chi connectivity index (χ1v) is 13.8. The van der Waals surface area contributed by atoms with Crippen LogP contribution in [-0.4, -0.2) is 21.9 Å². The Kier molecular flexibility index (Phi) is 5.80. The molecule has 4 aromatic carbocycles. The van der Waals surface area contributed by atoms with E-state index >= 15 is 0 Å². The molecule has 37 heavy (non-hydrogen) atoms. The first-order chi connectivity index (χ1) is 17.9. The predicted octanol–water partition coefficient (Wildman–Crippen LogP) is 5.85. The van der Waals surface area contributed by atoms with Gasteiger partial charge in [0.05, 0.1) is 9.79 Å². The van der Waals surface area contributed by atoms with Gasteiger partial charge in [0.25, 0.3) is 0 Å². The average Bonchev–Trinajstić information content (AvgIpc) is 2.95. The van der Waals surface area contributed by atoms with Crippen LogP contribution >= 0.6 is 0 Å². The van der Waals surface area contributed by atoms with E-state index in [-0.39, 0.29) is 4.90 Å². The first-order valence-electron chi connectivity index (χ1n) is 12.3. The molecule has 0 spiro atoms. The molecule has 0 unspecified atom stereocenters. The summed E-state index contributed by atoms with van der Waals surface area (Å²) in [4.78, 5) is 4.77. The van der Waals surface area contributed by atoms with E-state index in [1.165, 1.54) is 0 Å². The summed E-state index contributed by atoms with van der Waals surface area (Å²) in [7, 11) is -3.77. The van der Waals surface area contributed by atoms with Crippen molar-refractivity contribution in [2.24, 2.45) is 0 Å². The number of nitrogens with zero attached hydrogens (tertiary/aromatic N) is 2. The summed E-state index contributed by atoms with van der Waals surface area (Å²) < 4.78 is 40.0. The molecule has 2 aliphatic rings. The molecule has 4 aromatic rings. The highest BCUT2D eigenvalue weighted by Gasteiger charge is 2.29. The smallest absolute Gasteiger partial charge is 0.206 e. The molecule has 2 heterocycles. The van der Waals surface area contributed by atoms with E-state index in [9.17, 15) is 8.42 Å². The molecular weight excluding hydrogens is 484 g/mol. The third-order valence-corrected chi connectivity index (χ3v) is 9.08. The normalized spacial score (nSPS) is 14.9. The van der Waals surface area contributed by atoms with Gasteiger partial charge in [-0.15, -0.1) is 0 Å². The second-order valence-electron chi connectivity index (χ2n) is 9.50. The van der Waals surface area contributed by atoms with Crippen molar-refractivity contribution >= 4 is 21.2 Å². The van der Waals surface area contributed by atoms with Crippen molar-refractivity contribution in [1.82, 2.24) is 0 Å². The van der Waals surface area contributed by atoms with Crippen LogP contribution in [0.4, 0.5) is 11.4 Å². The molecular formula is C30H28N2O4S. The minimum atomic E-state index is -3.77. The zero-order chi connectivity index (χ0) is 25.6. The number of ether oxygens (including phenoxy) is 2. The Balaban J connectivity index is 1.35. The number of rotatable bonds is 4. The van der Waals surface area contributed by atoms with E-state index in [1.54, 1.807) is 24.3 Å².